The van der Waals surface area contributed by atoms with E-state index in [1.165, 1.54) is 0 Å². The second-order valence-electron chi connectivity index (χ2n) is 6.77. The van der Waals surface area contributed by atoms with Crippen LogP contribution in [0.1, 0.15) is 42.1 Å². The van der Waals surface area contributed by atoms with Crippen LogP contribution in [0.25, 0.3) is 0 Å². The van der Waals surface area contributed by atoms with Gasteiger partial charge in [0.1, 0.15) is 18.1 Å². The standard InChI is InChI=1S/C23H29N5O2/c1-4-21-20(22(5-2)30-28-21)15-27-23(24-3)26-14-17-9-8-11-19(13-17)29-16-18-10-6-7-12-25-18/h6-13H,4-5,14-16H2,1-3H3,(H2,24,26,27). The first-order valence-corrected chi connectivity index (χ1v) is 10.3. The number of aryl methyl sites for hydroxylation is 2. The molecule has 0 fully saturated rings. The fraction of sp³-hybridized carbons (Fsp3) is 0.348. The summed E-state index contributed by atoms with van der Waals surface area (Å²) in [5, 5.41) is 10.9. The second-order valence-corrected chi connectivity index (χ2v) is 6.77. The third kappa shape index (κ3) is 5.83. The van der Waals surface area contributed by atoms with Crippen molar-refractivity contribution >= 4 is 5.96 Å². The van der Waals surface area contributed by atoms with E-state index >= 15 is 0 Å². The Labute approximate surface area is 177 Å². The summed E-state index contributed by atoms with van der Waals surface area (Å²) < 4.78 is 11.3. The van der Waals surface area contributed by atoms with Crippen LogP contribution >= 0.6 is 0 Å². The summed E-state index contributed by atoms with van der Waals surface area (Å²) in [5.41, 5.74) is 4.11. The molecule has 0 saturated heterocycles. The van der Waals surface area contributed by atoms with Crippen molar-refractivity contribution in [2.45, 2.75) is 46.4 Å². The first-order chi connectivity index (χ1) is 14.7. The highest BCUT2D eigenvalue weighted by Crippen LogP contribution is 2.16. The molecular weight excluding hydrogens is 378 g/mol. The van der Waals surface area contributed by atoms with Gasteiger partial charge >= 0.3 is 0 Å². The van der Waals surface area contributed by atoms with E-state index in [0.29, 0.717) is 19.7 Å². The van der Waals surface area contributed by atoms with Gasteiger partial charge in [0.2, 0.25) is 0 Å². The fourth-order valence-electron chi connectivity index (χ4n) is 3.10. The summed E-state index contributed by atoms with van der Waals surface area (Å²) in [7, 11) is 1.76. The number of hydrogen-bond donors (Lipinski definition) is 2. The Bertz CT molecular complexity index is 932. The molecule has 0 spiro atoms. The van der Waals surface area contributed by atoms with Crippen molar-refractivity contribution in [3.05, 3.63) is 76.9 Å². The molecule has 30 heavy (non-hydrogen) atoms. The first kappa shape index (κ1) is 21.4. The summed E-state index contributed by atoms with van der Waals surface area (Å²) in [5.74, 6) is 2.46. The van der Waals surface area contributed by atoms with Crippen LogP contribution in [0.4, 0.5) is 0 Å². The molecule has 0 saturated carbocycles. The van der Waals surface area contributed by atoms with E-state index in [2.05, 4.69) is 45.7 Å². The molecule has 0 atom stereocenters. The van der Waals surface area contributed by atoms with Gasteiger partial charge in [-0.15, -0.1) is 0 Å². The zero-order chi connectivity index (χ0) is 21.2. The smallest absolute Gasteiger partial charge is 0.191 e. The number of aromatic nitrogens is 2. The Morgan fingerprint density at radius 3 is 2.67 bits per heavy atom. The van der Waals surface area contributed by atoms with Crippen LogP contribution in [0.15, 0.2) is 58.2 Å². The quantitative estimate of drug-likeness (QED) is 0.416. The highest BCUT2D eigenvalue weighted by molar-refractivity contribution is 5.79. The van der Waals surface area contributed by atoms with Crippen LogP contribution in [0.2, 0.25) is 0 Å². The van der Waals surface area contributed by atoms with Crippen LogP contribution in [0, 0.1) is 0 Å². The third-order valence-corrected chi connectivity index (χ3v) is 4.73. The molecule has 3 rings (SSSR count). The summed E-state index contributed by atoms with van der Waals surface area (Å²) in [6.45, 7) is 5.85. The molecule has 1 aromatic carbocycles. The first-order valence-electron chi connectivity index (χ1n) is 10.3. The Hall–Kier alpha value is -3.35. The van der Waals surface area contributed by atoms with Gasteiger partial charge in [0.25, 0.3) is 0 Å². The maximum absolute atomic E-state index is 5.86. The van der Waals surface area contributed by atoms with E-state index in [9.17, 15) is 0 Å². The summed E-state index contributed by atoms with van der Waals surface area (Å²) in [4.78, 5) is 8.60. The van der Waals surface area contributed by atoms with Gasteiger partial charge in [-0.1, -0.05) is 37.2 Å². The van der Waals surface area contributed by atoms with Gasteiger partial charge in [-0.2, -0.15) is 0 Å². The molecule has 0 aliphatic rings. The van der Waals surface area contributed by atoms with Gasteiger partial charge in [0.05, 0.1) is 11.4 Å². The van der Waals surface area contributed by atoms with Gasteiger partial charge < -0.3 is 19.9 Å². The summed E-state index contributed by atoms with van der Waals surface area (Å²) in [6, 6.07) is 13.8. The highest BCUT2D eigenvalue weighted by atomic mass is 16.5. The largest absolute Gasteiger partial charge is 0.487 e. The van der Waals surface area contributed by atoms with Gasteiger partial charge in [-0.05, 0) is 36.2 Å². The second kappa shape index (κ2) is 11.0. The van der Waals surface area contributed by atoms with Crippen LogP contribution in [-0.4, -0.2) is 23.1 Å². The molecule has 2 N–H and O–H groups in total. The number of rotatable bonds is 9. The summed E-state index contributed by atoms with van der Waals surface area (Å²) in [6.07, 6.45) is 3.43. The minimum Gasteiger partial charge on any atom is -0.487 e. The predicted molar refractivity (Wildman–Crippen MR) is 117 cm³/mol. The van der Waals surface area contributed by atoms with E-state index in [1.807, 2.05) is 36.4 Å². The highest BCUT2D eigenvalue weighted by Gasteiger charge is 2.13. The Morgan fingerprint density at radius 2 is 1.93 bits per heavy atom. The molecule has 0 radical (unpaired) electrons. The average molecular weight is 408 g/mol. The zero-order valence-corrected chi connectivity index (χ0v) is 17.8. The number of ether oxygens (including phenoxy) is 1. The molecular formula is C23H29N5O2. The molecule has 3 aromatic rings. The van der Waals surface area contributed by atoms with Gasteiger partial charge in [0, 0.05) is 38.3 Å². The van der Waals surface area contributed by atoms with Crippen LogP contribution in [0.3, 0.4) is 0 Å². The van der Waals surface area contributed by atoms with E-state index in [0.717, 1.165) is 52.8 Å². The Balaban J connectivity index is 1.53. The average Bonchev–Trinajstić information content (AvgIpc) is 3.21. The van der Waals surface area contributed by atoms with Crippen LogP contribution in [0.5, 0.6) is 5.75 Å². The van der Waals surface area contributed by atoms with Crippen molar-refractivity contribution in [2.75, 3.05) is 7.05 Å². The normalized spacial score (nSPS) is 11.4. The molecule has 0 aliphatic heterocycles. The zero-order valence-electron chi connectivity index (χ0n) is 17.8. The molecule has 158 valence electrons. The van der Waals surface area contributed by atoms with E-state index in [-0.39, 0.29) is 0 Å². The van der Waals surface area contributed by atoms with Crippen LogP contribution in [-0.2, 0) is 32.5 Å². The Morgan fingerprint density at radius 1 is 1.07 bits per heavy atom. The van der Waals surface area contributed by atoms with Crippen molar-refractivity contribution in [2.24, 2.45) is 4.99 Å². The molecule has 7 heteroatoms. The number of hydrogen-bond acceptors (Lipinski definition) is 5. The van der Waals surface area contributed by atoms with Crippen molar-refractivity contribution in [3.63, 3.8) is 0 Å². The van der Waals surface area contributed by atoms with Crippen LogP contribution < -0.4 is 15.4 Å². The summed E-state index contributed by atoms with van der Waals surface area (Å²) >= 11 is 0. The maximum atomic E-state index is 5.86. The molecule has 7 nitrogen and oxygen atoms in total. The molecule has 2 heterocycles. The number of aliphatic imine (C=N–C) groups is 1. The molecule has 0 bridgehead atoms. The third-order valence-electron chi connectivity index (χ3n) is 4.73. The topological polar surface area (TPSA) is 84.6 Å². The minimum absolute atomic E-state index is 0.444. The number of benzene rings is 1. The van der Waals surface area contributed by atoms with E-state index in [1.54, 1.807) is 13.2 Å². The number of nitrogens with zero attached hydrogens (tertiary/aromatic N) is 3. The van der Waals surface area contributed by atoms with Crippen molar-refractivity contribution < 1.29 is 9.26 Å². The van der Waals surface area contributed by atoms with Gasteiger partial charge in [-0.3, -0.25) is 9.98 Å². The molecule has 0 unspecified atom stereocenters. The Kier molecular flexibility index (Phi) is 7.83. The van der Waals surface area contributed by atoms with Gasteiger partial charge in [0.15, 0.2) is 5.96 Å². The number of pyridine rings is 1. The lowest BCUT2D eigenvalue weighted by Gasteiger charge is -2.13. The van der Waals surface area contributed by atoms with E-state index < -0.39 is 0 Å². The lowest BCUT2D eigenvalue weighted by molar-refractivity contribution is 0.301. The van der Waals surface area contributed by atoms with E-state index in [4.69, 9.17) is 9.26 Å². The number of nitrogens with one attached hydrogen (secondary N) is 2. The van der Waals surface area contributed by atoms with Gasteiger partial charge in [-0.25, -0.2) is 0 Å². The number of guanidine groups is 1. The SMILES string of the molecule is CCc1noc(CC)c1CNC(=NC)NCc1cccc(OCc2ccccn2)c1. The van der Waals surface area contributed by atoms with Crippen molar-refractivity contribution in [1.29, 1.82) is 0 Å². The molecule has 2 aromatic heterocycles. The lowest BCUT2D eigenvalue weighted by atomic mass is 10.1. The fourth-order valence-corrected chi connectivity index (χ4v) is 3.10. The molecule has 0 amide bonds. The maximum Gasteiger partial charge on any atom is 0.191 e. The van der Waals surface area contributed by atoms with Crippen molar-refractivity contribution in [3.8, 4) is 5.75 Å². The lowest BCUT2D eigenvalue weighted by Crippen LogP contribution is -2.36. The monoisotopic (exact) mass is 407 g/mol. The minimum atomic E-state index is 0.444. The van der Waals surface area contributed by atoms with Crippen molar-refractivity contribution in [1.82, 2.24) is 20.8 Å². The molecule has 0 aliphatic carbocycles. The predicted octanol–water partition coefficient (Wildman–Crippen LogP) is 3.64.